The van der Waals surface area contributed by atoms with Gasteiger partial charge in [0.05, 0.1) is 14.2 Å². The van der Waals surface area contributed by atoms with E-state index in [0.29, 0.717) is 11.4 Å². The van der Waals surface area contributed by atoms with Gasteiger partial charge in [0.1, 0.15) is 29.5 Å². The van der Waals surface area contributed by atoms with Crippen molar-refractivity contribution in [3.63, 3.8) is 0 Å². The molecule has 1 aliphatic carbocycles. The Morgan fingerprint density at radius 3 is 2.16 bits per heavy atom. The number of halogens is 1. The fourth-order valence-electron chi connectivity index (χ4n) is 2.07. The van der Waals surface area contributed by atoms with Gasteiger partial charge in [0.25, 0.3) is 0 Å². The Balaban J connectivity index is 2.06. The van der Waals surface area contributed by atoms with Crippen LogP contribution in [0.15, 0.2) is 18.2 Å². The zero-order chi connectivity index (χ0) is 13.8. The number of rotatable bonds is 6. The number of hydrogen-bond acceptors (Lipinski definition) is 4. The fraction of sp³-hybridized carbons (Fsp3) is 0.571. The molecular weight excluding hydrogens is 312 g/mol. The topological polar surface area (TPSA) is 36.9 Å². The molecule has 0 bridgehead atoms. The molecule has 5 heteroatoms. The first-order chi connectivity index (χ1) is 9.17. The molecule has 3 unspecified atom stereocenters. The van der Waals surface area contributed by atoms with Gasteiger partial charge in [-0.15, -0.1) is 0 Å². The molecular formula is C14H19BrO4. The van der Waals surface area contributed by atoms with Crippen LogP contribution >= 0.6 is 15.9 Å². The van der Waals surface area contributed by atoms with Gasteiger partial charge in [-0.1, -0.05) is 15.9 Å². The van der Waals surface area contributed by atoms with Crippen LogP contribution in [0.4, 0.5) is 0 Å². The molecule has 0 N–H and O–H groups in total. The van der Waals surface area contributed by atoms with E-state index in [1.54, 1.807) is 14.2 Å². The third-order valence-electron chi connectivity index (χ3n) is 3.15. The molecule has 4 nitrogen and oxygen atoms in total. The molecule has 0 aliphatic heterocycles. The largest absolute Gasteiger partial charge is 0.496 e. The molecule has 0 saturated heterocycles. The van der Waals surface area contributed by atoms with Crippen LogP contribution in [0, 0.1) is 0 Å². The van der Waals surface area contributed by atoms with Gasteiger partial charge in [-0.2, -0.15) is 0 Å². The van der Waals surface area contributed by atoms with Gasteiger partial charge in [0.2, 0.25) is 0 Å². The molecule has 19 heavy (non-hydrogen) atoms. The van der Waals surface area contributed by atoms with Crippen molar-refractivity contribution in [2.45, 2.75) is 30.4 Å². The van der Waals surface area contributed by atoms with Crippen LogP contribution in [0.25, 0.3) is 0 Å². The number of ether oxygens (including phenoxy) is 4. The van der Waals surface area contributed by atoms with Gasteiger partial charge >= 0.3 is 0 Å². The summed E-state index contributed by atoms with van der Waals surface area (Å²) in [5.74, 6) is 2.18. The van der Waals surface area contributed by atoms with Gasteiger partial charge < -0.3 is 18.9 Å². The standard InChI is InChI=1S/C14H19BrO4/c1-4-18-14-12(15)8-13(14)19-11-6-9(16-2)5-10(7-11)17-3/h5-7,12-14H,4,8H2,1-3H3. The van der Waals surface area contributed by atoms with Gasteiger partial charge in [0, 0.05) is 36.1 Å². The van der Waals surface area contributed by atoms with Crippen molar-refractivity contribution in [1.82, 2.24) is 0 Å². The molecule has 3 atom stereocenters. The SMILES string of the molecule is CCOC1C(Br)CC1Oc1cc(OC)cc(OC)c1. The van der Waals surface area contributed by atoms with Crippen molar-refractivity contribution in [1.29, 1.82) is 0 Å². The minimum Gasteiger partial charge on any atom is -0.496 e. The van der Waals surface area contributed by atoms with E-state index in [-0.39, 0.29) is 12.2 Å². The fourth-order valence-corrected chi connectivity index (χ4v) is 2.93. The Kier molecular flexibility index (Phi) is 4.93. The first-order valence-corrected chi connectivity index (χ1v) is 7.25. The van der Waals surface area contributed by atoms with Crippen LogP contribution < -0.4 is 14.2 Å². The molecule has 0 aromatic heterocycles. The molecule has 1 aliphatic rings. The highest BCUT2D eigenvalue weighted by molar-refractivity contribution is 9.09. The molecule has 2 rings (SSSR count). The molecule has 0 heterocycles. The average Bonchev–Trinajstić information content (AvgIpc) is 2.43. The lowest BCUT2D eigenvalue weighted by atomic mass is 9.91. The summed E-state index contributed by atoms with van der Waals surface area (Å²) in [6.07, 6.45) is 1.10. The lowest BCUT2D eigenvalue weighted by molar-refractivity contribution is -0.0724. The highest BCUT2D eigenvalue weighted by Gasteiger charge is 2.42. The Morgan fingerprint density at radius 2 is 1.68 bits per heavy atom. The summed E-state index contributed by atoms with van der Waals surface area (Å²) >= 11 is 3.58. The van der Waals surface area contributed by atoms with Crippen molar-refractivity contribution in [3.8, 4) is 17.2 Å². The molecule has 0 spiro atoms. The van der Waals surface area contributed by atoms with Crippen LogP contribution in [0.1, 0.15) is 13.3 Å². The highest BCUT2D eigenvalue weighted by atomic mass is 79.9. The smallest absolute Gasteiger partial charge is 0.127 e. The minimum atomic E-state index is 0.0705. The highest BCUT2D eigenvalue weighted by Crippen LogP contribution is 2.36. The van der Waals surface area contributed by atoms with Crippen molar-refractivity contribution in [3.05, 3.63) is 18.2 Å². The predicted octanol–water partition coefficient (Wildman–Crippen LogP) is 3.02. The molecule has 0 radical (unpaired) electrons. The summed E-state index contributed by atoms with van der Waals surface area (Å²) < 4.78 is 22.1. The van der Waals surface area contributed by atoms with E-state index >= 15 is 0 Å². The number of methoxy groups -OCH3 is 2. The zero-order valence-corrected chi connectivity index (χ0v) is 13.0. The Labute approximate surface area is 122 Å². The minimum absolute atomic E-state index is 0.0705. The van der Waals surface area contributed by atoms with E-state index in [0.717, 1.165) is 23.7 Å². The van der Waals surface area contributed by atoms with Crippen molar-refractivity contribution in [2.75, 3.05) is 20.8 Å². The summed E-state index contributed by atoms with van der Waals surface area (Å²) in [7, 11) is 3.25. The summed E-state index contributed by atoms with van der Waals surface area (Å²) in [4.78, 5) is 0.366. The molecule has 0 amide bonds. The number of alkyl halides is 1. The van der Waals surface area contributed by atoms with Crippen LogP contribution in [-0.2, 0) is 4.74 Å². The van der Waals surface area contributed by atoms with Crippen molar-refractivity contribution in [2.24, 2.45) is 0 Å². The van der Waals surface area contributed by atoms with E-state index < -0.39 is 0 Å². The molecule has 1 fully saturated rings. The molecule has 1 aromatic rings. The van der Waals surface area contributed by atoms with Gasteiger partial charge in [-0.3, -0.25) is 0 Å². The molecule has 1 saturated carbocycles. The lowest BCUT2D eigenvalue weighted by Crippen LogP contribution is -2.52. The zero-order valence-electron chi connectivity index (χ0n) is 11.4. The van der Waals surface area contributed by atoms with Crippen LogP contribution in [0.2, 0.25) is 0 Å². The van der Waals surface area contributed by atoms with E-state index in [9.17, 15) is 0 Å². The molecule has 106 valence electrons. The van der Waals surface area contributed by atoms with E-state index in [1.165, 1.54) is 0 Å². The Morgan fingerprint density at radius 1 is 1.11 bits per heavy atom. The third-order valence-corrected chi connectivity index (χ3v) is 4.05. The van der Waals surface area contributed by atoms with Gasteiger partial charge in [0.15, 0.2) is 0 Å². The maximum atomic E-state index is 5.96. The van der Waals surface area contributed by atoms with Gasteiger partial charge in [-0.05, 0) is 6.92 Å². The first kappa shape index (κ1) is 14.5. The second-order valence-corrected chi connectivity index (χ2v) is 5.55. The maximum absolute atomic E-state index is 5.96. The van der Waals surface area contributed by atoms with Crippen LogP contribution in [-0.4, -0.2) is 37.9 Å². The summed E-state index contributed by atoms with van der Waals surface area (Å²) in [5, 5.41) is 0. The second kappa shape index (κ2) is 6.48. The quantitative estimate of drug-likeness (QED) is 0.751. The Bertz CT molecular complexity index is 402. The second-order valence-electron chi connectivity index (χ2n) is 4.38. The average molecular weight is 331 g/mol. The van der Waals surface area contributed by atoms with E-state index in [4.69, 9.17) is 18.9 Å². The normalized spacial score (nSPS) is 25.6. The summed E-state index contributed by atoms with van der Waals surface area (Å²) in [6, 6.07) is 5.53. The summed E-state index contributed by atoms with van der Waals surface area (Å²) in [6.45, 7) is 2.68. The summed E-state index contributed by atoms with van der Waals surface area (Å²) in [5.41, 5.74) is 0. The van der Waals surface area contributed by atoms with E-state index in [2.05, 4.69) is 15.9 Å². The lowest BCUT2D eigenvalue weighted by Gasteiger charge is -2.40. The van der Waals surface area contributed by atoms with Crippen LogP contribution in [0.3, 0.4) is 0 Å². The number of hydrogen-bond donors (Lipinski definition) is 0. The predicted molar refractivity (Wildman–Crippen MR) is 76.7 cm³/mol. The van der Waals surface area contributed by atoms with Crippen molar-refractivity contribution >= 4 is 15.9 Å². The monoisotopic (exact) mass is 330 g/mol. The maximum Gasteiger partial charge on any atom is 0.127 e. The number of benzene rings is 1. The Hall–Kier alpha value is -0.940. The van der Waals surface area contributed by atoms with Crippen molar-refractivity contribution < 1.29 is 18.9 Å². The molecule has 1 aromatic carbocycles. The van der Waals surface area contributed by atoms with Gasteiger partial charge in [-0.25, -0.2) is 0 Å². The first-order valence-electron chi connectivity index (χ1n) is 6.33. The third kappa shape index (κ3) is 3.34. The van der Waals surface area contributed by atoms with Crippen LogP contribution in [0.5, 0.6) is 17.2 Å². The van der Waals surface area contributed by atoms with E-state index in [1.807, 2.05) is 25.1 Å².